The van der Waals surface area contributed by atoms with Gasteiger partial charge < -0.3 is 9.80 Å². The van der Waals surface area contributed by atoms with Crippen LogP contribution in [0.1, 0.15) is 30.1 Å². The molecule has 1 aromatic carbocycles. The topological polar surface area (TPSA) is 23.6 Å². The molecule has 4 heteroatoms. The Hall–Kier alpha value is -0.710. The number of carbonyl (C=O) groups excluding carboxylic acids is 1. The van der Waals surface area contributed by atoms with Crippen LogP contribution in [0.4, 0.5) is 0 Å². The van der Waals surface area contributed by atoms with Crippen molar-refractivity contribution in [3.8, 4) is 0 Å². The first-order valence-electron chi connectivity index (χ1n) is 7.43. The molecule has 0 N–H and O–H groups in total. The van der Waals surface area contributed by atoms with E-state index in [1.807, 2.05) is 24.3 Å². The Bertz CT molecular complexity index is 442. The standard InChI is InChI=1S/C16H23BrN2O/c1-2-8-18-10-12-19(13-11-18)9-7-16(20)14-5-3-4-6-15(14)17/h3-6H,2,7-13H2,1H3. The van der Waals surface area contributed by atoms with Crippen molar-refractivity contribution in [2.75, 3.05) is 39.3 Å². The molecule has 110 valence electrons. The zero-order chi connectivity index (χ0) is 14.4. The Kier molecular flexibility index (Phi) is 6.20. The monoisotopic (exact) mass is 338 g/mol. The highest BCUT2D eigenvalue weighted by atomic mass is 79.9. The number of hydrogen-bond acceptors (Lipinski definition) is 3. The molecule has 0 unspecified atom stereocenters. The third-order valence-electron chi connectivity index (χ3n) is 3.83. The predicted octanol–water partition coefficient (Wildman–Crippen LogP) is 3.05. The summed E-state index contributed by atoms with van der Waals surface area (Å²) in [6.45, 7) is 8.74. The van der Waals surface area contributed by atoms with E-state index in [1.54, 1.807) is 0 Å². The molecule has 0 radical (unpaired) electrons. The number of rotatable bonds is 6. The Balaban J connectivity index is 1.76. The third-order valence-corrected chi connectivity index (χ3v) is 4.53. The van der Waals surface area contributed by atoms with Gasteiger partial charge in [0.05, 0.1) is 0 Å². The number of Topliss-reactive ketones (excluding diaryl/α,β-unsaturated/α-hetero) is 1. The molecule has 20 heavy (non-hydrogen) atoms. The SMILES string of the molecule is CCCN1CCN(CCC(=O)c2ccccc2Br)CC1. The quantitative estimate of drug-likeness (QED) is 0.745. The lowest BCUT2D eigenvalue weighted by atomic mass is 10.1. The highest BCUT2D eigenvalue weighted by Crippen LogP contribution is 2.17. The molecule has 1 aromatic rings. The first-order valence-corrected chi connectivity index (χ1v) is 8.22. The molecule has 0 spiro atoms. The number of benzene rings is 1. The molecule has 1 aliphatic rings. The maximum Gasteiger partial charge on any atom is 0.165 e. The summed E-state index contributed by atoms with van der Waals surface area (Å²) in [5.74, 6) is 0.230. The zero-order valence-electron chi connectivity index (χ0n) is 12.1. The van der Waals surface area contributed by atoms with Crippen LogP contribution >= 0.6 is 15.9 Å². The van der Waals surface area contributed by atoms with E-state index >= 15 is 0 Å². The van der Waals surface area contributed by atoms with Gasteiger partial charge in [-0.1, -0.05) is 41.1 Å². The lowest BCUT2D eigenvalue weighted by Crippen LogP contribution is -2.46. The van der Waals surface area contributed by atoms with Gasteiger partial charge in [-0.2, -0.15) is 0 Å². The van der Waals surface area contributed by atoms with E-state index in [2.05, 4.69) is 32.7 Å². The van der Waals surface area contributed by atoms with Crippen molar-refractivity contribution in [3.05, 3.63) is 34.3 Å². The second kappa shape index (κ2) is 7.91. The van der Waals surface area contributed by atoms with Crippen molar-refractivity contribution in [2.45, 2.75) is 19.8 Å². The fraction of sp³-hybridized carbons (Fsp3) is 0.562. The van der Waals surface area contributed by atoms with Crippen LogP contribution in [-0.4, -0.2) is 54.9 Å². The molecular weight excluding hydrogens is 316 g/mol. The molecule has 0 bridgehead atoms. The molecule has 0 saturated carbocycles. The Labute approximate surface area is 130 Å². The minimum Gasteiger partial charge on any atom is -0.301 e. The Morgan fingerprint density at radius 2 is 1.70 bits per heavy atom. The Morgan fingerprint density at radius 1 is 1.10 bits per heavy atom. The first kappa shape index (κ1) is 15.7. The Morgan fingerprint density at radius 3 is 2.30 bits per heavy atom. The number of carbonyl (C=O) groups is 1. The van der Waals surface area contributed by atoms with Crippen LogP contribution in [0.5, 0.6) is 0 Å². The van der Waals surface area contributed by atoms with Crippen LogP contribution in [-0.2, 0) is 0 Å². The highest BCUT2D eigenvalue weighted by molar-refractivity contribution is 9.10. The van der Waals surface area contributed by atoms with Crippen molar-refractivity contribution in [3.63, 3.8) is 0 Å². The average Bonchev–Trinajstić information content (AvgIpc) is 2.47. The van der Waals surface area contributed by atoms with Crippen molar-refractivity contribution >= 4 is 21.7 Å². The van der Waals surface area contributed by atoms with Crippen LogP contribution in [0.3, 0.4) is 0 Å². The summed E-state index contributed by atoms with van der Waals surface area (Å²) in [5, 5.41) is 0. The van der Waals surface area contributed by atoms with Gasteiger partial charge in [0.15, 0.2) is 5.78 Å². The summed E-state index contributed by atoms with van der Waals surface area (Å²) in [6.07, 6.45) is 1.83. The summed E-state index contributed by atoms with van der Waals surface area (Å²) in [6, 6.07) is 7.68. The number of halogens is 1. The third kappa shape index (κ3) is 4.40. The normalized spacial score (nSPS) is 17.3. The van der Waals surface area contributed by atoms with E-state index in [1.165, 1.54) is 13.0 Å². The van der Waals surface area contributed by atoms with Crippen molar-refractivity contribution < 1.29 is 4.79 Å². The van der Waals surface area contributed by atoms with Crippen LogP contribution in [0, 0.1) is 0 Å². The molecule has 1 heterocycles. The van der Waals surface area contributed by atoms with E-state index in [0.29, 0.717) is 6.42 Å². The van der Waals surface area contributed by atoms with E-state index < -0.39 is 0 Å². The number of nitrogens with zero attached hydrogens (tertiary/aromatic N) is 2. The largest absolute Gasteiger partial charge is 0.301 e. The number of piperazine rings is 1. The van der Waals surface area contributed by atoms with Gasteiger partial charge in [0.2, 0.25) is 0 Å². The first-order chi connectivity index (χ1) is 9.70. The minimum atomic E-state index is 0.230. The minimum absolute atomic E-state index is 0.230. The van der Waals surface area contributed by atoms with Gasteiger partial charge in [-0.25, -0.2) is 0 Å². The smallest absolute Gasteiger partial charge is 0.165 e. The van der Waals surface area contributed by atoms with Crippen LogP contribution < -0.4 is 0 Å². The highest BCUT2D eigenvalue weighted by Gasteiger charge is 2.17. The van der Waals surface area contributed by atoms with Gasteiger partial charge >= 0.3 is 0 Å². The molecule has 1 aliphatic heterocycles. The van der Waals surface area contributed by atoms with Gasteiger partial charge in [-0.05, 0) is 19.0 Å². The van der Waals surface area contributed by atoms with Gasteiger partial charge in [0, 0.05) is 49.2 Å². The second-order valence-electron chi connectivity index (χ2n) is 5.34. The van der Waals surface area contributed by atoms with Crippen molar-refractivity contribution in [1.82, 2.24) is 9.80 Å². The van der Waals surface area contributed by atoms with Crippen LogP contribution in [0.15, 0.2) is 28.7 Å². The van der Waals surface area contributed by atoms with E-state index in [4.69, 9.17) is 0 Å². The predicted molar refractivity (Wildman–Crippen MR) is 86.3 cm³/mol. The van der Waals surface area contributed by atoms with E-state index in [9.17, 15) is 4.79 Å². The summed E-state index contributed by atoms with van der Waals surface area (Å²) in [4.78, 5) is 17.1. The van der Waals surface area contributed by atoms with Gasteiger partial charge in [0.25, 0.3) is 0 Å². The molecule has 3 nitrogen and oxygen atoms in total. The zero-order valence-corrected chi connectivity index (χ0v) is 13.7. The van der Waals surface area contributed by atoms with Gasteiger partial charge in [0.1, 0.15) is 0 Å². The summed E-state index contributed by atoms with van der Waals surface area (Å²) < 4.78 is 0.901. The fourth-order valence-corrected chi connectivity index (χ4v) is 3.14. The molecule has 2 rings (SSSR count). The van der Waals surface area contributed by atoms with Crippen molar-refractivity contribution in [1.29, 1.82) is 0 Å². The lowest BCUT2D eigenvalue weighted by Gasteiger charge is -2.34. The molecule has 1 fully saturated rings. The lowest BCUT2D eigenvalue weighted by molar-refractivity contribution is 0.0927. The summed E-state index contributed by atoms with van der Waals surface area (Å²) in [5.41, 5.74) is 0.803. The summed E-state index contributed by atoms with van der Waals surface area (Å²) in [7, 11) is 0. The summed E-state index contributed by atoms with van der Waals surface area (Å²) >= 11 is 3.45. The molecule has 0 aromatic heterocycles. The fourth-order valence-electron chi connectivity index (χ4n) is 2.63. The number of hydrogen-bond donors (Lipinski definition) is 0. The molecule has 0 amide bonds. The van der Waals surface area contributed by atoms with E-state index in [0.717, 1.165) is 42.8 Å². The molecule has 1 saturated heterocycles. The van der Waals surface area contributed by atoms with E-state index in [-0.39, 0.29) is 5.78 Å². The molecule has 0 aliphatic carbocycles. The van der Waals surface area contributed by atoms with Crippen LogP contribution in [0.25, 0.3) is 0 Å². The average molecular weight is 339 g/mol. The second-order valence-corrected chi connectivity index (χ2v) is 6.19. The maximum atomic E-state index is 12.2. The van der Waals surface area contributed by atoms with Gasteiger partial charge in [-0.3, -0.25) is 4.79 Å². The van der Waals surface area contributed by atoms with Crippen molar-refractivity contribution in [2.24, 2.45) is 0 Å². The van der Waals surface area contributed by atoms with Crippen LogP contribution in [0.2, 0.25) is 0 Å². The number of ketones is 1. The maximum absolute atomic E-state index is 12.2. The molecule has 0 atom stereocenters. The molecular formula is C16H23BrN2O. The van der Waals surface area contributed by atoms with Gasteiger partial charge in [-0.15, -0.1) is 0 Å².